The lowest BCUT2D eigenvalue weighted by atomic mass is 9.85. The molecular formula is C24H32ClNOS. The standard InChI is InChI=1S/C24H32ClNOS/c1-5-24(6-2,17-16-19-12-8-7-9-13-19)26-22(27)23(3,4)28-18-20-14-10-11-15-21(20)25/h7-15H,5-6,16-18H2,1-4H3,(H,26,27). The van der Waals surface area contributed by atoms with Crippen LogP contribution in [0.2, 0.25) is 5.02 Å². The molecule has 0 aromatic heterocycles. The van der Waals surface area contributed by atoms with E-state index in [2.05, 4.69) is 43.4 Å². The summed E-state index contributed by atoms with van der Waals surface area (Å²) < 4.78 is -0.526. The number of benzene rings is 2. The highest BCUT2D eigenvalue weighted by molar-refractivity contribution is 8.00. The summed E-state index contributed by atoms with van der Waals surface area (Å²) in [4.78, 5) is 13.2. The third kappa shape index (κ3) is 6.28. The third-order valence-corrected chi connectivity index (χ3v) is 7.29. The van der Waals surface area contributed by atoms with Crippen molar-refractivity contribution in [1.82, 2.24) is 5.32 Å². The Morgan fingerprint density at radius 2 is 1.61 bits per heavy atom. The first-order valence-corrected chi connectivity index (χ1v) is 11.4. The average Bonchev–Trinajstić information content (AvgIpc) is 2.71. The van der Waals surface area contributed by atoms with Gasteiger partial charge in [-0.15, -0.1) is 11.8 Å². The lowest BCUT2D eigenvalue weighted by molar-refractivity contribution is -0.124. The van der Waals surface area contributed by atoms with Crippen LogP contribution < -0.4 is 5.32 Å². The quantitative estimate of drug-likeness (QED) is 0.468. The van der Waals surface area contributed by atoms with Gasteiger partial charge < -0.3 is 5.32 Å². The van der Waals surface area contributed by atoms with Gasteiger partial charge in [-0.25, -0.2) is 0 Å². The Kier molecular flexibility index (Phi) is 8.45. The number of thioether (sulfide) groups is 1. The maximum Gasteiger partial charge on any atom is 0.236 e. The first kappa shape index (κ1) is 22.8. The largest absolute Gasteiger partial charge is 0.349 e. The zero-order valence-corrected chi connectivity index (χ0v) is 19.0. The number of aryl methyl sites for hydroxylation is 1. The second kappa shape index (κ2) is 10.4. The lowest BCUT2D eigenvalue weighted by Gasteiger charge is -2.36. The number of hydrogen-bond donors (Lipinski definition) is 1. The second-order valence-corrected chi connectivity index (χ2v) is 9.82. The van der Waals surface area contributed by atoms with Crippen LogP contribution in [-0.4, -0.2) is 16.2 Å². The van der Waals surface area contributed by atoms with Crippen LogP contribution in [0.25, 0.3) is 0 Å². The van der Waals surface area contributed by atoms with E-state index in [0.717, 1.165) is 42.0 Å². The van der Waals surface area contributed by atoms with E-state index < -0.39 is 4.75 Å². The Balaban J connectivity index is 2.01. The van der Waals surface area contributed by atoms with Gasteiger partial charge >= 0.3 is 0 Å². The Labute approximate surface area is 179 Å². The van der Waals surface area contributed by atoms with Crippen molar-refractivity contribution in [3.63, 3.8) is 0 Å². The molecule has 0 aliphatic rings. The molecule has 0 bridgehead atoms. The lowest BCUT2D eigenvalue weighted by Crippen LogP contribution is -2.53. The average molecular weight is 418 g/mol. The van der Waals surface area contributed by atoms with E-state index in [1.54, 1.807) is 11.8 Å². The molecular weight excluding hydrogens is 386 g/mol. The van der Waals surface area contributed by atoms with Gasteiger partial charge in [-0.05, 0) is 56.7 Å². The molecule has 0 aliphatic carbocycles. The van der Waals surface area contributed by atoms with Crippen molar-refractivity contribution in [2.75, 3.05) is 0 Å². The van der Waals surface area contributed by atoms with Gasteiger partial charge in [0.05, 0.1) is 4.75 Å². The van der Waals surface area contributed by atoms with Gasteiger partial charge in [0.2, 0.25) is 5.91 Å². The van der Waals surface area contributed by atoms with E-state index in [-0.39, 0.29) is 11.4 Å². The van der Waals surface area contributed by atoms with Crippen molar-refractivity contribution >= 4 is 29.3 Å². The molecule has 1 N–H and O–H groups in total. The Bertz CT molecular complexity index is 756. The molecule has 2 aromatic rings. The molecule has 0 spiro atoms. The SMILES string of the molecule is CCC(CC)(CCc1ccccc1)NC(=O)C(C)(C)SCc1ccccc1Cl. The highest BCUT2D eigenvalue weighted by Crippen LogP contribution is 2.32. The summed E-state index contributed by atoms with van der Waals surface area (Å²) in [6, 6.07) is 18.3. The molecule has 2 nitrogen and oxygen atoms in total. The molecule has 1 amide bonds. The van der Waals surface area contributed by atoms with E-state index in [1.807, 2.05) is 44.2 Å². The second-order valence-electron chi connectivity index (χ2n) is 7.82. The van der Waals surface area contributed by atoms with Crippen LogP contribution in [0.15, 0.2) is 54.6 Å². The molecule has 0 atom stereocenters. The number of carbonyl (C=O) groups is 1. The maximum atomic E-state index is 13.2. The van der Waals surface area contributed by atoms with E-state index in [4.69, 9.17) is 11.6 Å². The van der Waals surface area contributed by atoms with Crippen molar-refractivity contribution in [2.45, 2.75) is 69.4 Å². The van der Waals surface area contributed by atoms with Gasteiger partial charge in [-0.2, -0.15) is 0 Å². The van der Waals surface area contributed by atoms with Gasteiger partial charge in [0.25, 0.3) is 0 Å². The minimum atomic E-state index is -0.526. The summed E-state index contributed by atoms with van der Waals surface area (Å²) in [7, 11) is 0. The number of rotatable bonds is 10. The predicted molar refractivity (Wildman–Crippen MR) is 123 cm³/mol. The monoisotopic (exact) mass is 417 g/mol. The fourth-order valence-electron chi connectivity index (χ4n) is 3.20. The highest BCUT2D eigenvalue weighted by Gasteiger charge is 2.35. The normalized spacial score (nSPS) is 12.0. The van der Waals surface area contributed by atoms with Gasteiger partial charge in [0.15, 0.2) is 0 Å². The van der Waals surface area contributed by atoms with E-state index in [1.165, 1.54) is 5.56 Å². The number of hydrogen-bond acceptors (Lipinski definition) is 2. The molecule has 2 rings (SSSR count). The third-order valence-electron chi connectivity index (χ3n) is 5.56. The van der Waals surface area contributed by atoms with Crippen LogP contribution in [-0.2, 0) is 17.0 Å². The van der Waals surface area contributed by atoms with Crippen LogP contribution in [0.5, 0.6) is 0 Å². The number of nitrogens with one attached hydrogen (secondary N) is 1. The number of carbonyl (C=O) groups excluding carboxylic acids is 1. The van der Waals surface area contributed by atoms with E-state index in [0.29, 0.717) is 0 Å². The van der Waals surface area contributed by atoms with Crippen LogP contribution >= 0.6 is 23.4 Å². The van der Waals surface area contributed by atoms with Crippen molar-refractivity contribution in [1.29, 1.82) is 0 Å². The zero-order chi connectivity index (χ0) is 20.6. The summed E-state index contributed by atoms with van der Waals surface area (Å²) in [6.07, 6.45) is 3.76. The van der Waals surface area contributed by atoms with Gasteiger partial charge in [0, 0.05) is 16.3 Å². The molecule has 0 radical (unpaired) electrons. The van der Waals surface area contributed by atoms with E-state index >= 15 is 0 Å². The summed E-state index contributed by atoms with van der Waals surface area (Å²) in [6.45, 7) is 8.32. The van der Waals surface area contributed by atoms with Crippen molar-refractivity contribution < 1.29 is 4.79 Å². The summed E-state index contributed by atoms with van der Waals surface area (Å²) >= 11 is 7.90. The Hall–Kier alpha value is -1.45. The molecule has 0 saturated carbocycles. The van der Waals surface area contributed by atoms with Crippen molar-refractivity contribution in [3.05, 3.63) is 70.7 Å². The van der Waals surface area contributed by atoms with Crippen LogP contribution in [0, 0.1) is 0 Å². The Morgan fingerprint density at radius 3 is 2.21 bits per heavy atom. The molecule has 0 unspecified atom stereocenters. The zero-order valence-electron chi connectivity index (χ0n) is 17.4. The minimum absolute atomic E-state index is 0.0984. The Morgan fingerprint density at radius 1 is 1.00 bits per heavy atom. The van der Waals surface area contributed by atoms with Gasteiger partial charge in [-0.1, -0.05) is 74.0 Å². The minimum Gasteiger partial charge on any atom is -0.349 e. The van der Waals surface area contributed by atoms with Crippen molar-refractivity contribution in [3.8, 4) is 0 Å². The summed E-state index contributed by atoms with van der Waals surface area (Å²) in [5.41, 5.74) is 2.21. The summed E-state index contributed by atoms with van der Waals surface area (Å²) in [5.74, 6) is 0.816. The number of amides is 1. The molecule has 28 heavy (non-hydrogen) atoms. The maximum absolute atomic E-state index is 13.2. The van der Waals surface area contributed by atoms with Crippen LogP contribution in [0.4, 0.5) is 0 Å². The van der Waals surface area contributed by atoms with E-state index in [9.17, 15) is 4.79 Å². The predicted octanol–water partition coefficient (Wildman–Crippen LogP) is 6.66. The molecule has 152 valence electrons. The molecule has 0 aliphatic heterocycles. The topological polar surface area (TPSA) is 29.1 Å². The smallest absolute Gasteiger partial charge is 0.236 e. The fraction of sp³-hybridized carbons (Fsp3) is 0.458. The van der Waals surface area contributed by atoms with Crippen molar-refractivity contribution in [2.24, 2.45) is 0 Å². The molecule has 2 aromatic carbocycles. The van der Waals surface area contributed by atoms with Gasteiger partial charge in [-0.3, -0.25) is 4.79 Å². The highest BCUT2D eigenvalue weighted by atomic mass is 35.5. The molecule has 0 fully saturated rings. The molecule has 4 heteroatoms. The number of halogens is 1. The van der Waals surface area contributed by atoms with Crippen LogP contribution in [0.3, 0.4) is 0 Å². The summed E-state index contributed by atoms with van der Waals surface area (Å²) in [5, 5.41) is 4.15. The molecule has 0 heterocycles. The first-order valence-electron chi connectivity index (χ1n) is 10.1. The van der Waals surface area contributed by atoms with Crippen LogP contribution in [0.1, 0.15) is 58.1 Å². The first-order chi connectivity index (χ1) is 13.3. The fourth-order valence-corrected chi connectivity index (χ4v) is 4.43. The van der Waals surface area contributed by atoms with Gasteiger partial charge in [0.1, 0.15) is 0 Å². The molecule has 0 saturated heterocycles.